The van der Waals surface area contributed by atoms with Gasteiger partial charge in [0.1, 0.15) is 12.6 Å². The Balaban J connectivity index is 1.64. The number of benzene rings is 1. The Hall–Kier alpha value is -2.30. The summed E-state index contributed by atoms with van der Waals surface area (Å²) in [5, 5.41) is 0. The van der Waals surface area contributed by atoms with Gasteiger partial charge in [0.25, 0.3) is 0 Å². The maximum Gasteiger partial charge on any atom is 0.410 e. The van der Waals surface area contributed by atoms with E-state index < -0.39 is 12.1 Å². The summed E-state index contributed by atoms with van der Waals surface area (Å²) in [5.41, 5.74) is 0.940. The number of carbonyl (C=O) groups is 2. The number of rotatable bonds is 4. The Labute approximate surface area is 142 Å². The fourth-order valence-corrected chi connectivity index (χ4v) is 3.69. The van der Waals surface area contributed by atoms with Gasteiger partial charge < -0.3 is 9.64 Å². The van der Waals surface area contributed by atoms with Gasteiger partial charge in [-0.3, -0.25) is 9.69 Å². The van der Waals surface area contributed by atoms with Gasteiger partial charge >= 0.3 is 6.09 Å². The van der Waals surface area contributed by atoms with Crippen molar-refractivity contribution in [3.8, 4) is 0 Å². The first-order chi connectivity index (χ1) is 11.6. The predicted molar refractivity (Wildman–Crippen MR) is 91.3 cm³/mol. The van der Waals surface area contributed by atoms with Crippen LogP contribution >= 0.6 is 0 Å². The summed E-state index contributed by atoms with van der Waals surface area (Å²) in [6.07, 6.45) is 4.17. The molecule has 0 aromatic heterocycles. The van der Waals surface area contributed by atoms with Crippen molar-refractivity contribution in [2.24, 2.45) is 0 Å². The number of hydrogen-bond acceptors (Lipinski definition) is 3. The van der Waals surface area contributed by atoms with Crippen molar-refractivity contribution >= 4 is 12.0 Å². The van der Waals surface area contributed by atoms with Crippen molar-refractivity contribution in [1.29, 1.82) is 0 Å². The molecule has 0 bridgehead atoms. The molecule has 24 heavy (non-hydrogen) atoms. The Kier molecular flexibility index (Phi) is 4.88. The minimum atomic E-state index is -0.477. The van der Waals surface area contributed by atoms with Crippen LogP contribution in [0.2, 0.25) is 0 Å². The molecular weight excluding hydrogens is 304 g/mol. The molecule has 3 atom stereocenters. The van der Waals surface area contributed by atoms with Crippen LogP contribution in [0.15, 0.2) is 43.0 Å². The number of piperazine rings is 1. The van der Waals surface area contributed by atoms with Gasteiger partial charge in [-0.1, -0.05) is 36.4 Å². The van der Waals surface area contributed by atoms with Crippen LogP contribution in [-0.4, -0.2) is 46.5 Å². The van der Waals surface area contributed by atoms with Crippen LogP contribution in [0.4, 0.5) is 4.79 Å². The molecule has 1 unspecified atom stereocenters. The monoisotopic (exact) mass is 328 g/mol. The first kappa shape index (κ1) is 16.6. The summed E-state index contributed by atoms with van der Waals surface area (Å²) in [6.45, 7) is 6.34. The maximum atomic E-state index is 12.7. The van der Waals surface area contributed by atoms with Gasteiger partial charge in [0.2, 0.25) is 5.91 Å². The molecule has 2 heterocycles. The lowest BCUT2D eigenvalue weighted by atomic mass is 10.1. The number of nitrogens with zero attached hydrogens (tertiary/aromatic N) is 2. The van der Waals surface area contributed by atoms with E-state index in [1.165, 1.54) is 0 Å². The van der Waals surface area contributed by atoms with E-state index in [1.807, 2.05) is 41.3 Å². The summed E-state index contributed by atoms with van der Waals surface area (Å²) >= 11 is 0. The molecule has 2 fully saturated rings. The third-order valence-electron chi connectivity index (χ3n) is 4.99. The molecule has 1 aromatic rings. The third kappa shape index (κ3) is 3.16. The number of fused-ring (bicyclic) bond motifs is 1. The second kappa shape index (κ2) is 7.07. The highest BCUT2D eigenvalue weighted by Gasteiger charge is 2.46. The molecule has 0 spiro atoms. The quantitative estimate of drug-likeness (QED) is 0.799. The largest absolute Gasteiger partial charge is 0.445 e. The van der Waals surface area contributed by atoms with Crippen molar-refractivity contribution in [1.82, 2.24) is 9.80 Å². The van der Waals surface area contributed by atoms with E-state index in [4.69, 9.17) is 4.74 Å². The minimum absolute atomic E-state index is 0.0206. The highest BCUT2D eigenvalue weighted by atomic mass is 16.6. The van der Waals surface area contributed by atoms with Gasteiger partial charge in [-0.25, -0.2) is 4.79 Å². The second-order valence-electron chi connectivity index (χ2n) is 6.52. The fourth-order valence-electron chi connectivity index (χ4n) is 3.69. The molecule has 2 aliphatic rings. The summed E-state index contributed by atoms with van der Waals surface area (Å²) in [6, 6.07) is 9.42. The van der Waals surface area contributed by atoms with Crippen LogP contribution < -0.4 is 0 Å². The van der Waals surface area contributed by atoms with Gasteiger partial charge in [0.15, 0.2) is 0 Å². The van der Waals surface area contributed by atoms with Gasteiger partial charge in [0, 0.05) is 18.6 Å². The van der Waals surface area contributed by atoms with E-state index >= 15 is 0 Å². The summed E-state index contributed by atoms with van der Waals surface area (Å²) in [4.78, 5) is 28.7. The summed E-state index contributed by atoms with van der Waals surface area (Å²) in [7, 11) is 0. The Morgan fingerprint density at radius 2 is 2.08 bits per heavy atom. The normalized spacial score (nSPS) is 26.2. The third-order valence-corrected chi connectivity index (χ3v) is 4.99. The number of hydrogen-bond donors (Lipinski definition) is 0. The molecule has 1 aromatic carbocycles. The van der Waals surface area contributed by atoms with Crippen LogP contribution in [0.5, 0.6) is 0 Å². The Morgan fingerprint density at radius 3 is 2.79 bits per heavy atom. The molecule has 3 rings (SSSR count). The predicted octanol–water partition coefficient (Wildman–Crippen LogP) is 2.96. The molecule has 0 saturated carbocycles. The highest BCUT2D eigenvalue weighted by Crippen LogP contribution is 2.32. The lowest BCUT2D eigenvalue weighted by molar-refractivity contribution is -0.144. The molecule has 5 heteroatoms. The van der Waals surface area contributed by atoms with E-state index in [0.29, 0.717) is 6.54 Å². The average molecular weight is 328 g/mol. The van der Waals surface area contributed by atoms with Crippen molar-refractivity contribution in [2.45, 2.75) is 50.9 Å². The minimum Gasteiger partial charge on any atom is -0.445 e. The molecule has 5 nitrogen and oxygen atoms in total. The zero-order chi connectivity index (χ0) is 17.1. The van der Waals surface area contributed by atoms with Crippen LogP contribution in [-0.2, 0) is 16.1 Å². The summed E-state index contributed by atoms with van der Waals surface area (Å²) in [5.74, 6) is 0.0206. The standard InChI is InChI=1S/C19H24N2O3/c1-3-7-16-10-11-17-12-20(14(2)18(22)21(16)17)19(23)24-13-15-8-5-4-6-9-15/h3-6,8-9,14,16-17H,1,7,10-13H2,2H3/t14-,16?,17-/m0/s1. The van der Waals surface area contributed by atoms with Crippen molar-refractivity contribution < 1.29 is 14.3 Å². The Morgan fingerprint density at radius 1 is 1.33 bits per heavy atom. The van der Waals surface area contributed by atoms with Crippen molar-refractivity contribution in [3.63, 3.8) is 0 Å². The SMILES string of the molecule is C=CCC1CC[C@H]2CN(C(=O)OCc3ccccc3)[C@@H](C)C(=O)N12. The molecule has 2 saturated heterocycles. The van der Waals surface area contributed by atoms with E-state index in [2.05, 4.69) is 6.58 Å². The molecule has 2 amide bonds. The molecule has 0 N–H and O–H groups in total. The highest BCUT2D eigenvalue weighted by molar-refractivity contribution is 5.87. The topological polar surface area (TPSA) is 49.9 Å². The average Bonchev–Trinajstić information content (AvgIpc) is 3.00. The van der Waals surface area contributed by atoms with Gasteiger partial charge in [-0.2, -0.15) is 0 Å². The molecule has 0 aliphatic carbocycles. The van der Waals surface area contributed by atoms with E-state index in [1.54, 1.807) is 11.8 Å². The smallest absolute Gasteiger partial charge is 0.410 e. The van der Waals surface area contributed by atoms with Crippen LogP contribution in [0, 0.1) is 0 Å². The summed E-state index contributed by atoms with van der Waals surface area (Å²) < 4.78 is 5.41. The van der Waals surface area contributed by atoms with Crippen LogP contribution in [0.25, 0.3) is 0 Å². The number of ether oxygens (including phenoxy) is 1. The zero-order valence-electron chi connectivity index (χ0n) is 14.1. The molecular formula is C19H24N2O3. The first-order valence-corrected chi connectivity index (χ1v) is 8.52. The lowest BCUT2D eigenvalue weighted by Crippen LogP contribution is -2.61. The fraction of sp³-hybridized carbons (Fsp3) is 0.474. The maximum absolute atomic E-state index is 12.7. The molecule has 0 radical (unpaired) electrons. The van der Waals surface area contributed by atoms with E-state index in [0.717, 1.165) is 24.8 Å². The second-order valence-corrected chi connectivity index (χ2v) is 6.52. The van der Waals surface area contributed by atoms with Gasteiger partial charge in [-0.15, -0.1) is 6.58 Å². The van der Waals surface area contributed by atoms with E-state index in [9.17, 15) is 9.59 Å². The molecule has 2 aliphatic heterocycles. The number of carbonyl (C=O) groups excluding carboxylic acids is 2. The molecule has 128 valence electrons. The first-order valence-electron chi connectivity index (χ1n) is 8.52. The van der Waals surface area contributed by atoms with Crippen molar-refractivity contribution in [3.05, 3.63) is 48.6 Å². The van der Waals surface area contributed by atoms with Crippen LogP contribution in [0.1, 0.15) is 31.7 Å². The van der Waals surface area contributed by atoms with Gasteiger partial charge in [-0.05, 0) is 31.7 Å². The zero-order valence-corrected chi connectivity index (χ0v) is 14.1. The lowest BCUT2D eigenvalue weighted by Gasteiger charge is -2.42. The number of amides is 2. The van der Waals surface area contributed by atoms with Crippen LogP contribution in [0.3, 0.4) is 0 Å². The van der Waals surface area contributed by atoms with E-state index in [-0.39, 0.29) is 24.6 Å². The van der Waals surface area contributed by atoms with Crippen molar-refractivity contribution in [2.75, 3.05) is 6.54 Å². The van der Waals surface area contributed by atoms with Gasteiger partial charge in [0.05, 0.1) is 0 Å². The Bertz CT molecular complexity index is 616.